The van der Waals surface area contributed by atoms with Gasteiger partial charge in [0, 0.05) is 32.7 Å². The highest BCUT2D eigenvalue weighted by atomic mass is 16.6. The van der Waals surface area contributed by atoms with E-state index in [9.17, 15) is 19.2 Å². The van der Waals surface area contributed by atoms with E-state index in [1.807, 2.05) is 13.0 Å². The maximum absolute atomic E-state index is 14.3. The molecule has 2 saturated carbocycles. The molecule has 0 aromatic carbocycles. The van der Waals surface area contributed by atoms with Gasteiger partial charge in [0.2, 0.25) is 5.78 Å². The van der Waals surface area contributed by atoms with E-state index < -0.39 is 47.6 Å². The molecule has 7 atom stereocenters. The lowest BCUT2D eigenvalue weighted by atomic mass is 9.76. The number of hydrogen-bond acceptors (Lipinski definition) is 8. The third-order valence-electron chi connectivity index (χ3n) is 8.65. The fourth-order valence-corrected chi connectivity index (χ4v) is 6.71. The van der Waals surface area contributed by atoms with Gasteiger partial charge in [0.15, 0.2) is 5.60 Å². The van der Waals surface area contributed by atoms with Crippen LogP contribution in [0.15, 0.2) is 48.3 Å². The predicted molar refractivity (Wildman–Crippen MR) is 139 cm³/mol. The van der Waals surface area contributed by atoms with Gasteiger partial charge in [0.25, 0.3) is 0 Å². The summed E-state index contributed by atoms with van der Waals surface area (Å²) in [6.45, 7) is 14.7. The van der Waals surface area contributed by atoms with Gasteiger partial charge in [-0.2, -0.15) is 0 Å². The Bertz CT molecular complexity index is 1190. The maximum atomic E-state index is 14.3. The number of fused-ring (bicyclic) bond motifs is 2. The van der Waals surface area contributed by atoms with Gasteiger partial charge in [0.1, 0.15) is 12.2 Å². The van der Waals surface area contributed by atoms with Crippen LogP contribution in [0.2, 0.25) is 0 Å². The molecule has 0 N–H and O–H groups in total. The molecular formula is C30H37NO7. The summed E-state index contributed by atoms with van der Waals surface area (Å²) in [6.07, 6.45) is 4.49. The second-order valence-corrected chi connectivity index (χ2v) is 11.7. The minimum absolute atomic E-state index is 0.0106. The Morgan fingerprint density at radius 2 is 1.84 bits per heavy atom. The van der Waals surface area contributed by atoms with Crippen molar-refractivity contribution in [2.24, 2.45) is 29.1 Å². The van der Waals surface area contributed by atoms with Crippen molar-refractivity contribution >= 4 is 23.7 Å². The van der Waals surface area contributed by atoms with Gasteiger partial charge in [-0.3, -0.25) is 19.4 Å². The summed E-state index contributed by atoms with van der Waals surface area (Å²) in [5.74, 6) is -3.04. The molecule has 2 fully saturated rings. The highest BCUT2D eigenvalue weighted by Crippen LogP contribution is 2.62. The summed E-state index contributed by atoms with van der Waals surface area (Å²) >= 11 is 0. The fraction of sp³-hybridized carbons (Fsp3) is 0.567. The van der Waals surface area contributed by atoms with Crippen LogP contribution in [-0.4, -0.2) is 46.5 Å². The molecule has 8 heteroatoms. The van der Waals surface area contributed by atoms with Crippen LogP contribution in [0.5, 0.6) is 0 Å². The smallest absolute Gasteiger partial charge is 0.339 e. The van der Waals surface area contributed by atoms with E-state index in [0.717, 1.165) is 6.42 Å². The normalized spacial score (nSPS) is 34.1. The number of pyridine rings is 1. The fourth-order valence-electron chi connectivity index (χ4n) is 6.71. The van der Waals surface area contributed by atoms with Crippen LogP contribution in [0.3, 0.4) is 0 Å². The molecule has 1 unspecified atom stereocenters. The first kappa shape index (κ1) is 27.7. The Hall–Kier alpha value is -3.29. The molecule has 1 aromatic rings. The Morgan fingerprint density at radius 3 is 2.45 bits per heavy atom. The lowest BCUT2D eigenvalue weighted by Gasteiger charge is -2.39. The molecule has 1 heterocycles. The molecular weight excluding hydrogens is 486 g/mol. The molecule has 4 rings (SSSR count). The largest absolute Gasteiger partial charge is 0.458 e. The van der Waals surface area contributed by atoms with E-state index >= 15 is 0 Å². The Balaban J connectivity index is 1.87. The molecule has 0 amide bonds. The van der Waals surface area contributed by atoms with Gasteiger partial charge in [-0.1, -0.05) is 33.4 Å². The van der Waals surface area contributed by atoms with E-state index in [0.29, 0.717) is 23.5 Å². The van der Waals surface area contributed by atoms with E-state index in [2.05, 4.69) is 25.4 Å². The Morgan fingerprint density at radius 1 is 1.13 bits per heavy atom. The summed E-state index contributed by atoms with van der Waals surface area (Å²) in [5.41, 5.74) is -0.358. The van der Waals surface area contributed by atoms with Crippen molar-refractivity contribution in [3.63, 3.8) is 0 Å². The van der Waals surface area contributed by atoms with Crippen molar-refractivity contribution in [1.29, 1.82) is 0 Å². The van der Waals surface area contributed by atoms with Gasteiger partial charge in [-0.25, -0.2) is 4.79 Å². The van der Waals surface area contributed by atoms with Crippen LogP contribution in [0.25, 0.3) is 0 Å². The zero-order valence-corrected chi connectivity index (χ0v) is 23.0. The van der Waals surface area contributed by atoms with E-state index in [1.54, 1.807) is 25.3 Å². The van der Waals surface area contributed by atoms with Gasteiger partial charge in [-0.15, -0.1) is 0 Å². The zero-order chi connectivity index (χ0) is 28.0. The molecule has 38 heavy (non-hydrogen) atoms. The van der Waals surface area contributed by atoms with Crippen LogP contribution >= 0.6 is 0 Å². The average molecular weight is 524 g/mol. The molecule has 0 aliphatic heterocycles. The summed E-state index contributed by atoms with van der Waals surface area (Å²) in [7, 11) is 0. The molecule has 3 aliphatic carbocycles. The topological polar surface area (TPSA) is 109 Å². The molecule has 0 bridgehead atoms. The molecule has 8 nitrogen and oxygen atoms in total. The Kier molecular flexibility index (Phi) is 7.38. The van der Waals surface area contributed by atoms with Crippen molar-refractivity contribution in [2.75, 3.05) is 0 Å². The van der Waals surface area contributed by atoms with E-state index in [1.165, 1.54) is 20.0 Å². The standard InChI is InChI=1S/C30H37NO7/c1-16-10-11-22-23(29(22,6)7)13-17(2)27(34)30(38-20(5)33)14-18(3)26(24(30)25(16)36-19(4)32)37-28(35)21-9-8-12-31-15-21/h8-9,12-13,15,18,22-26H,1,10-11,14H2,2-7H3/t18-,22-,23+,24-,25?,26-,30+/m1/s1. The number of carbonyl (C=O) groups is 4. The number of ether oxygens (including phenoxy) is 3. The van der Waals surface area contributed by atoms with Gasteiger partial charge >= 0.3 is 17.9 Å². The lowest BCUT2D eigenvalue weighted by Crippen LogP contribution is -2.55. The predicted octanol–water partition coefficient (Wildman–Crippen LogP) is 4.63. The second-order valence-electron chi connectivity index (χ2n) is 11.7. The van der Waals surface area contributed by atoms with E-state index in [4.69, 9.17) is 14.2 Å². The number of nitrogens with zero attached hydrogens (tertiary/aromatic N) is 1. The molecule has 3 aliphatic rings. The number of Topliss-reactive ketones (excluding diaryl/α,β-unsaturated/α-hetero) is 1. The highest BCUT2D eigenvalue weighted by molar-refractivity contribution is 6.03. The number of allylic oxidation sites excluding steroid dienone is 1. The summed E-state index contributed by atoms with van der Waals surface area (Å²) in [5, 5.41) is 0. The first-order chi connectivity index (χ1) is 17.8. The van der Waals surface area contributed by atoms with Gasteiger partial charge in [0.05, 0.1) is 11.5 Å². The number of esters is 3. The summed E-state index contributed by atoms with van der Waals surface area (Å²) < 4.78 is 17.8. The van der Waals surface area contributed by atoms with Crippen molar-refractivity contribution in [2.45, 2.75) is 78.6 Å². The number of aromatic nitrogens is 1. The summed E-state index contributed by atoms with van der Waals surface area (Å²) in [6, 6.07) is 3.21. The quantitative estimate of drug-likeness (QED) is 0.319. The molecule has 0 spiro atoms. The number of rotatable bonds is 4. The maximum Gasteiger partial charge on any atom is 0.339 e. The Labute approximate surface area is 223 Å². The van der Waals surface area contributed by atoms with Gasteiger partial charge < -0.3 is 14.2 Å². The van der Waals surface area contributed by atoms with Crippen molar-refractivity contribution < 1.29 is 33.4 Å². The lowest BCUT2D eigenvalue weighted by molar-refractivity contribution is -0.179. The first-order valence-corrected chi connectivity index (χ1v) is 13.2. The minimum Gasteiger partial charge on any atom is -0.458 e. The van der Waals surface area contributed by atoms with Crippen LogP contribution in [0, 0.1) is 29.1 Å². The van der Waals surface area contributed by atoms with E-state index in [-0.39, 0.29) is 29.1 Å². The highest BCUT2D eigenvalue weighted by Gasteiger charge is 2.65. The van der Waals surface area contributed by atoms with Crippen molar-refractivity contribution in [1.82, 2.24) is 4.98 Å². The average Bonchev–Trinajstić information content (AvgIpc) is 3.24. The molecule has 1 aromatic heterocycles. The van der Waals surface area contributed by atoms with Gasteiger partial charge in [-0.05, 0) is 66.2 Å². The molecule has 0 radical (unpaired) electrons. The first-order valence-electron chi connectivity index (χ1n) is 13.2. The van der Waals surface area contributed by atoms with Crippen LogP contribution in [-0.2, 0) is 28.6 Å². The van der Waals surface area contributed by atoms with Crippen LogP contribution < -0.4 is 0 Å². The SMILES string of the molecule is C=C1CC[C@@H]2[C@H](C=C(C)C(=O)[C@]3(OC(C)=O)C[C@@H](C)[C@@H](OC(=O)c4cccnc4)[C@H]3C1OC(C)=O)C2(C)C. The number of hydrogen-bond donors (Lipinski definition) is 0. The van der Waals surface area contributed by atoms with Crippen molar-refractivity contribution in [3.05, 3.63) is 53.9 Å². The number of ketones is 1. The molecule has 0 saturated heterocycles. The van der Waals surface area contributed by atoms with Crippen molar-refractivity contribution in [3.8, 4) is 0 Å². The number of carbonyl (C=O) groups excluding carboxylic acids is 4. The van der Waals surface area contributed by atoms with Crippen LogP contribution in [0.4, 0.5) is 0 Å². The zero-order valence-electron chi connectivity index (χ0n) is 23.0. The second kappa shape index (κ2) is 10.1. The third kappa shape index (κ3) is 4.93. The van der Waals surface area contributed by atoms with Crippen LogP contribution in [0.1, 0.15) is 71.2 Å². The monoisotopic (exact) mass is 523 g/mol. The third-order valence-corrected chi connectivity index (χ3v) is 8.65. The molecule has 204 valence electrons. The minimum atomic E-state index is -1.70. The summed E-state index contributed by atoms with van der Waals surface area (Å²) in [4.78, 5) is 56.3.